The Hall–Kier alpha value is -2.32. The van der Waals surface area contributed by atoms with Crippen LogP contribution in [0.25, 0.3) is 11.4 Å². The first-order valence-electron chi connectivity index (χ1n) is 8.31. The zero-order valence-corrected chi connectivity index (χ0v) is 14.3. The summed E-state index contributed by atoms with van der Waals surface area (Å²) in [7, 11) is 0. The minimum Gasteiger partial charge on any atom is -0.451 e. The molecule has 3 atom stereocenters. The van der Waals surface area contributed by atoms with E-state index in [0.29, 0.717) is 12.4 Å². The lowest BCUT2D eigenvalue weighted by atomic mass is 10.2. The fourth-order valence-electron chi connectivity index (χ4n) is 2.43. The summed E-state index contributed by atoms with van der Waals surface area (Å²) in [5.74, 6) is 0.138. The predicted octanol–water partition coefficient (Wildman–Crippen LogP) is 2.32. The van der Waals surface area contributed by atoms with E-state index in [1.54, 1.807) is 32.3 Å². The molecule has 8 heteroatoms. The summed E-state index contributed by atoms with van der Waals surface area (Å²) >= 11 is 0. The smallest absolute Gasteiger partial charge is 0.335 e. The molecule has 0 aliphatic carbocycles. The van der Waals surface area contributed by atoms with E-state index in [1.807, 2.05) is 6.07 Å². The molecular weight excluding hydrogens is 326 g/mol. The third kappa shape index (κ3) is 4.61. The van der Waals surface area contributed by atoms with Crippen molar-refractivity contribution in [3.05, 3.63) is 30.4 Å². The maximum Gasteiger partial charge on any atom is 0.335 e. The maximum atomic E-state index is 12.1. The Morgan fingerprint density at radius 1 is 1.44 bits per heavy atom. The second-order valence-corrected chi connectivity index (χ2v) is 5.89. The van der Waals surface area contributed by atoms with Crippen LogP contribution in [-0.2, 0) is 19.0 Å². The number of ether oxygens (including phenoxy) is 3. The van der Waals surface area contributed by atoms with E-state index in [-0.39, 0.29) is 12.0 Å². The largest absolute Gasteiger partial charge is 0.451 e. The van der Waals surface area contributed by atoms with Crippen LogP contribution in [0.3, 0.4) is 0 Å². The summed E-state index contributed by atoms with van der Waals surface area (Å²) in [4.78, 5) is 20.4. The molecule has 3 unspecified atom stereocenters. The highest BCUT2D eigenvalue weighted by atomic mass is 16.6. The van der Waals surface area contributed by atoms with Gasteiger partial charge in [-0.2, -0.15) is 4.98 Å². The Kier molecular flexibility index (Phi) is 5.72. The zero-order valence-electron chi connectivity index (χ0n) is 14.3. The summed E-state index contributed by atoms with van der Waals surface area (Å²) in [6.07, 6.45) is 3.98. The van der Waals surface area contributed by atoms with Gasteiger partial charge in [-0.1, -0.05) is 5.16 Å². The average molecular weight is 347 g/mol. The molecular formula is C17H21N3O5. The normalized spacial score (nSPS) is 19.5. The molecule has 0 N–H and O–H groups in total. The molecule has 1 fully saturated rings. The minimum atomic E-state index is -0.688. The number of carbonyl (C=O) groups is 1. The SMILES string of the molecule is CC(OCC1CCCO1)C(=O)OC(C)c1nc(-c2cccnc2)no1. The van der Waals surface area contributed by atoms with Gasteiger partial charge in [-0.15, -0.1) is 0 Å². The van der Waals surface area contributed by atoms with Crippen LogP contribution < -0.4 is 0 Å². The molecule has 8 nitrogen and oxygen atoms in total. The van der Waals surface area contributed by atoms with Gasteiger partial charge in [0.25, 0.3) is 5.89 Å². The highest BCUT2D eigenvalue weighted by Crippen LogP contribution is 2.20. The fourth-order valence-corrected chi connectivity index (χ4v) is 2.43. The first-order valence-corrected chi connectivity index (χ1v) is 8.31. The van der Waals surface area contributed by atoms with Crippen LogP contribution in [-0.4, -0.2) is 46.5 Å². The molecule has 0 spiro atoms. The molecule has 2 aromatic heterocycles. The van der Waals surface area contributed by atoms with E-state index in [2.05, 4.69) is 15.1 Å². The number of hydrogen-bond acceptors (Lipinski definition) is 8. The van der Waals surface area contributed by atoms with Gasteiger partial charge in [-0.25, -0.2) is 4.79 Å². The number of nitrogens with zero attached hydrogens (tertiary/aromatic N) is 3. The molecule has 3 heterocycles. The van der Waals surface area contributed by atoms with Crippen LogP contribution in [0.1, 0.15) is 38.7 Å². The van der Waals surface area contributed by atoms with Crippen molar-refractivity contribution in [1.82, 2.24) is 15.1 Å². The van der Waals surface area contributed by atoms with Gasteiger partial charge >= 0.3 is 5.97 Å². The van der Waals surface area contributed by atoms with Crippen molar-refractivity contribution >= 4 is 5.97 Å². The molecule has 1 aliphatic heterocycles. The van der Waals surface area contributed by atoms with Crippen LogP contribution in [0, 0.1) is 0 Å². The van der Waals surface area contributed by atoms with Crippen molar-refractivity contribution in [3.8, 4) is 11.4 Å². The lowest BCUT2D eigenvalue weighted by molar-refractivity contribution is -0.164. The van der Waals surface area contributed by atoms with Crippen LogP contribution in [0.4, 0.5) is 0 Å². The zero-order chi connectivity index (χ0) is 17.6. The van der Waals surface area contributed by atoms with Crippen molar-refractivity contribution < 1.29 is 23.5 Å². The molecule has 0 saturated carbocycles. The molecule has 0 bridgehead atoms. The van der Waals surface area contributed by atoms with Crippen LogP contribution in [0.15, 0.2) is 29.0 Å². The van der Waals surface area contributed by atoms with Gasteiger partial charge < -0.3 is 18.7 Å². The second kappa shape index (κ2) is 8.17. The highest BCUT2D eigenvalue weighted by molar-refractivity contribution is 5.74. The van der Waals surface area contributed by atoms with E-state index in [0.717, 1.165) is 25.0 Å². The van der Waals surface area contributed by atoms with Gasteiger partial charge in [0.1, 0.15) is 0 Å². The van der Waals surface area contributed by atoms with Crippen molar-refractivity contribution in [2.24, 2.45) is 0 Å². The van der Waals surface area contributed by atoms with Crippen LogP contribution in [0.5, 0.6) is 0 Å². The molecule has 3 rings (SSSR count). The highest BCUT2D eigenvalue weighted by Gasteiger charge is 2.25. The van der Waals surface area contributed by atoms with Gasteiger partial charge in [0.2, 0.25) is 5.82 Å². The molecule has 1 saturated heterocycles. The standard InChI is InChI=1S/C17H21N3O5/c1-11(16-19-15(20-25-16)13-5-3-7-18-9-13)24-17(21)12(2)23-10-14-6-4-8-22-14/h3,5,7,9,11-12,14H,4,6,8,10H2,1-2H3. The third-order valence-corrected chi connectivity index (χ3v) is 3.89. The van der Waals surface area contributed by atoms with Gasteiger partial charge in [0.05, 0.1) is 12.7 Å². The summed E-state index contributed by atoms with van der Waals surface area (Å²) in [6.45, 7) is 4.46. The molecule has 1 aliphatic rings. The Morgan fingerprint density at radius 2 is 2.32 bits per heavy atom. The van der Waals surface area contributed by atoms with Gasteiger partial charge in [-0.3, -0.25) is 4.98 Å². The first-order chi connectivity index (χ1) is 12.1. The topological polar surface area (TPSA) is 96.6 Å². The van der Waals surface area contributed by atoms with E-state index < -0.39 is 18.2 Å². The monoisotopic (exact) mass is 347 g/mol. The molecule has 134 valence electrons. The number of rotatable bonds is 7. The molecule has 25 heavy (non-hydrogen) atoms. The number of aromatic nitrogens is 3. The van der Waals surface area contributed by atoms with E-state index in [1.165, 1.54) is 0 Å². The summed E-state index contributed by atoms with van der Waals surface area (Å²) in [6, 6.07) is 3.60. The van der Waals surface area contributed by atoms with E-state index >= 15 is 0 Å². The number of hydrogen-bond donors (Lipinski definition) is 0. The van der Waals surface area contributed by atoms with Crippen molar-refractivity contribution in [1.29, 1.82) is 0 Å². The van der Waals surface area contributed by atoms with Crippen molar-refractivity contribution in [2.45, 2.75) is 45.0 Å². The lowest BCUT2D eigenvalue weighted by Gasteiger charge is -2.17. The third-order valence-electron chi connectivity index (χ3n) is 3.89. The average Bonchev–Trinajstić information content (AvgIpc) is 3.32. The van der Waals surface area contributed by atoms with E-state index in [4.69, 9.17) is 18.7 Å². The molecule has 0 radical (unpaired) electrons. The fraction of sp³-hybridized carbons (Fsp3) is 0.529. The van der Waals surface area contributed by atoms with Gasteiger partial charge in [0, 0.05) is 24.6 Å². The number of esters is 1. The second-order valence-electron chi connectivity index (χ2n) is 5.89. The predicted molar refractivity (Wildman–Crippen MR) is 86.4 cm³/mol. The van der Waals surface area contributed by atoms with Crippen LogP contribution in [0.2, 0.25) is 0 Å². The molecule has 0 aromatic carbocycles. The number of pyridine rings is 1. The van der Waals surface area contributed by atoms with Crippen LogP contribution >= 0.6 is 0 Å². The van der Waals surface area contributed by atoms with Gasteiger partial charge in [-0.05, 0) is 38.8 Å². The minimum absolute atomic E-state index is 0.0608. The Morgan fingerprint density at radius 3 is 3.04 bits per heavy atom. The lowest BCUT2D eigenvalue weighted by Crippen LogP contribution is -2.28. The van der Waals surface area contributed by atoms with Crippen molar-refractivity contribution in [2.75, 3.05) is 13.2 Å². The van der Waals surface area contributed by atoms with Crippen molar-refractivity contribution in [3.63, 3.8) is 0 Å². The van der Waals surface area contributed by atoms with Gasteiger partial charge in [0.15, 0.2) is 12.2 Å². The first kappa shape index (κ1) is 17.5. The Balaban J connectivity index is 1.51. The summed E-state index contributed by atoms with van der Waals surface area (Å²) in [5.41, 5.74) is 0.726. The van der Waals surface area contributed by atoms with E-state index in [9.17, 15) is 4.79 Å². The summed E-state index contributed by atoms with van der Waals surface area (Å²) in [5, 5.41) is 3.88. The molecule has 2 aromatic rings. The maximum absolute atomic E-state index is 12.1. The Labute approximate surface area is 145 Å². The summed E-state index contributed by atoms with van der Waals surface area (Å²) < 4.78 is 21.5. The quantitative estimate of drug-likeness (QED) is 0.704. The molecule has 0 amide bonds. The Bertz CT molecular complexity index is 685. The number of carbonyl (C=O) groups excluding carboxylic acids is 1.